The molecule has 1 unspecified atom stereocenters. The molecule has 0 saturated heterocycles. The first-order chi connectivity index (χ1) is 7.99. The van der Waals surface area contributed by atoms with Gasteiger partial charge in [0.25, 0.3) is 0 Å². The van der Waals surface area contributed by atoms with Gasteiger partial charge in [-0.15, -0.1) is 5.10 Å². The Labute approximate surface area is 105 Å². The molecule has 0 aliphatic carbocycles. The average molecular weight is 303 g/mol. The Morgan fingerprint density at radius 1 is 1.35 bits per heavy atom. The molecule has 4 nitrogen and oxygen atoms in total. The van der Waals surface area contributed by atoms with Crippen molar-refractivity contribution in [3.63, 3.8) is 0 Å². The quantitative estimate of drug-likeness (QED) is 0.866. The Bertz CT molecular complexity index is 553. The summed E-state index contributed by atoms with van der Waals surface area (Å²) < 4.78 is 28.0. The van der Waals surface area contributed by atoms with Gasteiger partial charge in [-0.25, -0.2) is 13.5 Å². The Morgan fingerprint density at radius 2 is 2.06 bits per heavy atom. The molecule has 0 spiro atoms. The second kappa shape index (κ2) is 4.50. The van der Waals surface area contributed by atoms with Crippen molar-refractivity contribution in [2.75, 3.05) is 0 Å². The zero-order valence-electron chi connectivity index (χ0n) is 8.86. The molecule has 7 heteroatoms. The second-order valence-corrected chi connectivity index (χ2v) is 4.45. The normalized spacial score (nSPS) is 12.8. The maximum atomic E-state index is 13.5. The minimum absolute atomic E-state index is 0.109. The van der Waals surface area contributed by atoms with Crippen molar-refractivity contribution < 1.29 is 8.78 Å². The van der Waals surface area contributed by atoms with Gasteiger partial charge in [-0.1, -0.05) is 5.21 Å². The molecule has 2 aromatic rings. The van der Waals surface area contributed by atoms with Crippen LogP contribution in [0.15, 0.2) is 22.8 Å². The largest absolute Gasteiger partial charge is 0.323 e. The van der Waals surface area contributed by atoms with Gasteiger partial charge in [0, 0.05) is 12.1 Å². The molecule has 1 aromatic heterocycles. The van der Waals surface area contributed by atoms with Crippen LogP contribution in [0.2, 0.25) is 0 Å². The minimum Gasteiger partial charge on any atom is -0.323 e. The zero-order valence-corrected chi connectivity index (χ0v) is 10.4. The van der Waals surface area contributed by atoms with Crippen LogP contribution < -0.4 is 5.73 Å². The van der Waals surface area contributed by atoms with Crippen molar-refractivity contribution in [3.05, 3.63) is 40.1 Å². The van der Waals surface area contributed by atoms with Crippen LogP contribution in [0.5, 0.6) is 0 Å². The molecular weight excluding hydrogens is 294 g/mol. The van der Waals surface area contributed by atoms with Crippen molar-refractivity contribution in [1.29, 1.82) is 0 Å². The summed E-state index contributed by atoms with van der Waals surface area (Å²) >= 11 is 2.99. The van der Waals surface area contributed by atoms with Crippen molar-refractivity contribution in [1.82, 2.24) is 15.0 Å². The maximum absolute atomic E-state index is 13.5. The van der Waals surface area contributed by atoms with Crippen molar-refractivity contribution in [3.8, 4) is 5.69 Å². The van der Waals surface area contributed by atoms with Gasteiger partial charge in [-0.3, -0.25) is 0 Å². The summed E-state index contributed by atoms with van der Waals surface area (Å²) in [5, 5.41) is 7.54. The minimum atomic E-state index is -0.716. The van der Waals surface area contributed by atoms with Crippen LogP contribution in [-0.2, 0) is 0 Å². The van der Waals surface area contributed by atoms with Gasteiger partial charge in [-0.05, 0) is 28.9 Å². The molecule has 1 heterocycles. The number of hydrogen-bond donors (Lipinski definition) is 1. The number of benzene rings is 1. The van der Waals surface area contributed by atoms with Gasteiger partial charge >= 0.3 is 0 Å². The zero-order chi connectivity index (χ0) is 12.6. The number of hydrogen-bond acceptors (Lipinski definition) is 3. The van der Waals surface area contributed by atoms with Crippen molar-refractivity contribution >= 4 is 15.9 Å². The molecule has 0 fully saturated rings. The summed E-state index contributed by atoms with van der Waals surface area (Å²) in [6, 6.07) is 1.78. The Balaban J connectivity index is 2.49. The molecule has 0 aliphatic rings. The number of aromatic nitrogens is 3. The highest BCUT2D eigenvalue weighted by molar-refractivity contribution is 9.10. The van der Waals surface area contributed by atoms with Crippen molar-refractivity contribution in [2.24, 2.45) is 5.73 Å². The molecule has 0 saturated carbocycles. The van der Waals surface area contributed by atoms with E-state index in [0.29, 0.717) is 5.69 Å². The van der Waals surface area contributed by atoms with E-state index in [1.54, 1.807) is 6.92 Å². The number of halogens is 3. The lowest BCUT2D eigenvalue weighted by Crippen LogP contribution is -2.05. The lowest BCUT2D eigenvalue weighted by molar-refractivity contribution is 0.568. The molecule has 0 bridgehead atoms. The summed E-state index contributed by atoms with van der Waals surface area (Å²) in [5.74, 6) is -1.38. The van der Waals surface area contributed by atoms with E-state index >= 15 is 0 Å². The van der Waals surface area contributed by atoms with E-state index in [9.17, 15) is 8.78 Å². The second-order valence-electron chi connectivity index (χ2n) is 3.59. The summed E-state index contributed by atoms with van der Waals surface area (Å²) in [6.45, 7) is 1.74. The molecule has 2 N–H and O–H groups in total. The summed E-state index contributed by atoms with van der Waals surface area (Å²) in [7, 11) is 0. The molecule has 0 amide bonds. The first-order valence-corrected chi connectivity index (χ1v) is 5.61. The van der Waals surface area contributed by atoms with Crippen LogP contribution in [0.25, 0.3) is 5.69 Å². The fourth-order valence-corrected chi connectivity index (χ4v) is 1.62. The fourth-order valence-electron chi connectivity index (χ4n) is 1.29. The predicted molar refractivity (Wildman–Crippen MR) is 61.6 cm³/mol. The Hall–Kier alpha value is -1.34. The first-order valence-electron chi connectivity index (χ1n) is 4.82. The van der Waals surface area contributed by atoms with Crippen LogP contribution in [0.4, 0.5) is 8.78 Å². The third kappa shape index (κ3) is 2.34. The highest BCUT2D eigenvalue weighted by Gasteiger charge is 2.13. The van der Waals surface area contributed by atoms with E-state index in [-0.39, 0.29) is 16.2 Å². The fraction of sp³-hybridized carbons (Fsp3) is 0.200. The van der Waals surface area contributed by atoms with E-state index in [4.69, 9.17) is 5.73 Å². The smallest absolute Gasteiger partial charge is 0.151 e. The topological polar surface area (TPSA) is 56.7 Å². The molecule has 0 aliphatic heterocycles. The lowest BCUT2D eigenvalue weighted by Gasteiger charge is -2.03. The number of rotatable bonds is 2. The molecule has 90 valence electrons. The van der Waals surface area contributed by atoms with Gasteiger partial charge in [0.2, 0.25) is 0 Å². The lowest BCUT2D eigenvalue weighted by atomic mass is 10.2. The van der Waals surface area contributed by atoms with Gasteiger partial charge in [0.05, 0.1) is 16.4 Å². The molecule has 17 heavy (non-hydrogen) atoms. The van der Waals surface area contributed by atoms with Gasteiger partial charge in [0.15, 0.2) is 5.82 Å². The molecule has 1 atom stereocenters. The van der Waals surface area contributed by atoms with E-state index in [2.05, 4.69) is 26.2 Å². The monoisotopic (exact) mass is 302 g/mol. The highest BCUT2D eigenvalue weighted by atomic mass is 79.9. The van der Waals surface area contributed by atoms with Crippen LogP contribution >= 0.6 is 15.9 Å². The molecule has 0 radical (unpaired) electrons. The van der Waals surface area contributed by atoms with Crippen LogP contribution in [0.1, 0.15) is 18.7 Å². The van der Waals surface area contributed by atoms with Gasteiger partial charge < -0.3 is 5.73 Å². The van der Waals surface area contributed by atoms with Gasteiger partial charge in [0.1, 0.15) is 11.5 Å². The van der Waals surface area contributed by atoms with E-state index in [1.165, 1.54) is 16.9 Å². The summed E-state index contributed by atoms with van der Waals surface area (Å²) in [6.07, 6.45) is 1.51. The van der Waals surface area contributed by atoms with Gasteiger partial charge in [-0.2, -0.15) is 0 Å². The Kier molecular flexibility index (Phi) is 3.21. The average Bonchev–Trinajstić information content (AvgIpc) is 2.72. The van der Waals surface area contributed by atoms with E-state index in [1.807, 2.05) is 0 Å². The number of nitrogens with two attached hydrogens (primary N) is 1. The molecule has 1 aromatic carbocycles. The number of nitrogens with zero attached hydrogens (tertiary/aromatic N) is 3. The van der Waals surface area contributed by atoms with Crippen LogP contribution in [0.3, 0.4) is 0 Å². The van der Waals surface area contributed by atoms with E-state index < -0.39 is 11.6 Å². The highest BCUT2D eigenvalue weighted by Crippen LogP contribution is 2.22. The van der Waals surface area contributed by atoms with Crippen molar-refractivity contribution in [2.45, 2.75) is 13.0 Å². The Morgan fingerprint density at radius 3 is 2.65 bits per heavy atom. The summed E-state index contributed by atoms with van der Waals surface area (Å²) in [4.78, 5) is 0. The third-order valence-corrected chi connectivity index (χ3v) is 2.82. The first kappa shape index (κ1) is 12.1. The van der Waals surface area contributed by atoms with Crippen LogP contribution in [-0.4, -0.2) is 15.0 Å². The third-order valence-electron chi connectivity index (χ3n) is 2.21. The summed E-state index contributed by atoms with van der Waals surface area (Å²) in [5.41, 5.74) is 6.26. The standard InChI is InChI=1S/C10H9BrF2N4/c1-5(14)9-4-17(16-15-9)10-2-6(11)7(12)3-8(10)13/h2-5H,14H2,1H3. The van der Waals surface area contributed by atoms with Crippen LogP contribution in [0, 0.1) is 11.6 Å². The predicted octanol–water partition coefficient (Wildman–Crippen LogP) is 2.33. The molecule has 2 rings (SSSR count). The molecular formula is C10H9BrF2N4. The maximum Gasteiger partial charge on any atom is 0.151 e. The SMILES string of the molecule is CC(N)c1cn(-c2cc(Br)c(F)cc2F)nn1. The van der Waals surface area contributed by atoms with E-state index in [0.717, 1.165) is 6.07 Å².